The Morgan fingerprint density at radius 3 is 2.61 bits per heavy atom. The SMILES string of the molecule is COc1ccc2c(c1)C(NS(=O)(=O)c1nnc(NC(=O)c3ccc(C)cc3)s1)CC(C)(C)O2. The Bertz CT molecular complexity index is 1290. The largest absolute Gasteiger partial charge is 0.497 e. The van der Waals surface area contributed by atoms with Gasteiger partial charge in [-0.05, 0) is 51.1 Å². The van der Waals surface area contributed by atoms with Gasteiger partial charge in [0.25, 0.3) is 15.9 Å². The van der Waals surface area contributed by atoms with Crippen molar-refractivity contribution >= 4 is 32.4 Å². The van der Waals surface area contributed by atoms with E-state index in [0.29, 0.717) is 29.0 Å². The first kappa shape index (κ1) is 23.1. The van der Waals surface area contributed by atoms with Crippen LogP contribution in [0.2, 0.25) is 0 Å². The van der Waals surface area contributed by atoms with Crippen molar-refractivity contribution in [2.45, 2.75) is 43.2 Å². The molecule has 2 aromatic carbocycles. The number of nitrogens with zero attached hydrogens (tertiary/aromatic N) is 2. The number of aromatic nitrogens is 2. The van der Waals surface area contributed by atoms with Crippen molar-refractivity contribution in [2.75, 3.05) is 12.4 Å². The fourth-order valence-corrected chi connectivity index (χ4v) is 5.67. The maximum absolute atomic E-state index is 13.1. The smallest absolute Gasteiger partial charge is 0.270 e. The van der Waals surface area contributed by atoms with Crippen LogP contribution in [0.4, 0.5) is 5.13 Å². The van der Waals surface area contributed by atoms with E-state index in [4.69, 9.17) is 9.47 Å². The van der Waals surface area contributed by atoms with Crippen LogP contribution in [0.15, 0.2) is 46.8 Å². The Morgan fingerprint density at radius 1 is 1.18 bits per heavy atom. The Morgan fingerprint density at radius 2 is 1.91 bits per heavy atom. The fourth-order valence-electron chi connectivity index (χ4n) is 3.55. The minimum absolute atomic E-state index is 0.0929. The number of fused-ring (bicyclic) bond motifs is 1. The minimum Gasteiger partial charge on any atom is -0.497 e. The first-order valence-electron chi connectivity index (χ1n) is 10.2. The molecule has 1 atom stereocenters. The van der Waals surface area contributed by atoms with E-state index in [1.807, 2.05) is 32.9 Å². The van der Waals surface area contributed by atoms with Crippen molar-refractivity contribution in [1.82, 2.24) is 14.9 Å². The highest BCUT2D eigenvalue weighted by Crippen LogP contribution is 2.41. The van der Waals surface area contributed by atoms with Crippen LogP contribution in [0.25, 0.3) is 0 Å². The number of aryl methyl sites for hydroxylation is 1. The van der Waals surface area contributed by atoms with Gasteiger partial charge in [0.1, 0.15) is 17.1 Å². The number of ether oxygens (including phenoxy) is 2. The van der Waals surface area contributed by atoms with Crippen LogP contribution in [0.1, 0.15) is 47.8 Å². The number of rotatable bonds is 6. The van der Waals surface area contributed by atoms with E-state index in [9.17, 15) is 13.2 Å². The lowest BCUT2D eigenvalue weighted by molar-refractivity contribution is 0.0700. The maximum Gasteiger partial charge on any atom is 0.270 e. The number of hydrogen-bond acceptors (Lipinski definition) is 8. The first-order chi connectivity index (χ1) is 15.6. The van der Waals surface area contributed by atoms with Crippen molar-refractivity contribution in [3.63, 3.8) is 0 Å². The molecule has 0 saturated carbocycles. The summed E-state index contributed by atoms with van der Waals surface area (Å²) in [7, 11) is -2.47. The number of methoxy groups -OCH3 is 1. The van der Waals surface area contributed by atoms with Crippen molar-refractivity contribution in [2.24, 2.45) is 0 Å². The van der Waals surface area contributed by atoms with Crippen molar-refractivity contribution in [3.05, 3.63) is 59.2 Å². The van der Waals surface area contributed by atoms with E-state index < -0.39 is 27.6 Å². The maximum atomic E-state index is 13.1. The molecule has 1 aliphatic rings. The number of benzene rings is 2. The molecule has 0 saturated heterocycles. The zero-order valence-corrected chi connectivity index (χ0v) is 20.2. The van der Waals surface area contributed by atoms with Crippen molar-refractivity contribution in [3.8, 4) is 11.5 Å². The Hall–Kier alpha value is -3.02. The summed E-state index contributed by atoms with van der Waals surface area (Å²) >= 11 is 0.783. The van der Waals surface area contributed by atoms with E-state index >= 15 is 0 Å². The molecular formula is C22H24N4O5S2. The second-order valence-electron chi connectivity index (χ2n) is 8.34. The lowest BCUT2D eigenvalue weighted by Crippen LogP contribution is -2.41. The topological polar surface area (TPSA) is 120 Å². The van der Waals surface area contributed by atoms with Gasteiger partial charge in [-0.15, -0.1) is 10.2 Å². The number of hydrogen-bond donors (Lipinski definition) is 2. The van der Waals surface area contributed by atoms with E-state index in [-0.39, 0.29) is 9.47 Å². The Labute approximate surface area is 196 Å². The average molecular weight is 489 g/mol. The first-order valence-corrected chi connectivity index (χ1v) is 12.5. The molecule has 0 fully saturated rings. The molecule has 3 aromatic rings. The van der Waals surface area contributed by atoms with Crippen LogP contribution in [-0.4, -0.2) is 37.2 Å². The van der Waals surface area contributed by atoms with Crippen molar-refractivity contribution < 1.29 is 22.7 Å². The van der Waals surface area contributed by atoms with Gasteiger partial charge in [-0.25, -0.2) is 13.1 Å². The van der Waals surface area contributed by atoms with Gasteiger partial charge in [-0.3, -0.25) is 10.1 Å². The third-order valence-corrected chi connectivity index (χ3v) is 7.82. The predicted octanol–water partition coefficient (Wildman–Crippen LogP) is 3.69. The number of nitrogens with one attached hydrogen (secondary N) is 2. The third-order valence-electron chi connectivity index (χ3n) is 5.14. The molecule has 0 radical (unpaired) electrons. The van der Waals surface area contributed by atoms with Crippen LogP contribution in [-0.2, 0) is 10.0 Å². The predicted molar refractivity (Wildman–Crippen MR) is 124 cm³/mol. The molecule has 174 valence electrons. The summed E-state index contributed by atoms with van der Waals surface area (Å²) in [6.07, 6.45) is 0.405. The number of carbonyl (C=O) groups is 1. The van der Waals surface area contributed by atoms with Crippen LogP contribution in [0.5, 0.6) is 11.5 Å². The van der Waals surface area contributed by atoms with Gasteiger partial charge in [0.15, 0.2) is 0 Å². The zero-order chi connectivity index (χ0) is 23.8. The van der Waals surface area contributed by atoms with Crippen LogP contribution < -0.4 is 19.5 Å². The number of sulfonamides is 1. The molecule has 4 rings (SSSR count). The van der Waals surface area contributed by atoms with Crippen LogP contribution in [0, 0.1) is 6.92 Å². The van der Waals surface area contributed by atoms with Gasteiger partial charge >= 0.3 is 0 Å². The molecule has 0 aliphatic carbocycles. The number of carbonyl (C=O) groups excluding carboxylic acids is 1. The standard InChI is InChI=1S/C22H24N4O5S2/c1-13-5-7-14(8-6-13)19(27)23-20-24-25-21(32-20)33(28,29)26-17-12-22(2,3)31-18-10-9-15(30-4)11-16(17)18/h5-11,17,26H,12H2,1-4H3,(H,23,24,27). The molecule has 0 bridgehead atoms. The van der Waals surface area contributed by atoms with Crippen molar-refractivity contribution in [1.29, 1.82) is 0 Å². The Balaban J connectivity index is 1.54. The lowest BCUT2D eigenvalue weighted by atomic mass is 9.90. The Kier molecular flexibility index (Phi) is 6.12. The monoisotopic (exact) mass is 488 g/mol. The fraction of sp³-hybridized carbons (Fsp3) is 0.318. The molecule has 9 nitrogen and oxygen atoms in total. The summed E-state index contributed by atoms with van der Waals surface area (Å²) in [6.45, 7) is 5.71. The van der Waals surface area contributed by atoms with E-state index in [2.05, 4.69) is 20.2 Å². The van der Waals surface area contributed by atoms with Gasteiger partial charge in [0.2, 0.25) is 9.47 Å². The van der Waals surface area contributed by atoms with Gasteiger partial charge in [-0.1, -0.05) is 29.0 Å². The molecule has 33 heavy (non-hydrogen) atoms. The highest BCUT2D eigenvalue weighted by atomic mass is 32.2. The van der Waals surface area contributed by atoms with Gasteiger partial charge in [0, 0.05) is 17.5 Å². The summed E-state index contributed by atoms with van der Waals surface area (Å²) in [5.74, 6) is 0.789. The number of amides is 1. The second-order valence-corrected chi connectivity index (χ2v) is 11.2. The molecule has 1 unspecified atom stereocenters. The summed E-state index contributed by atoms with van der Waals surface area (Å²) in [5.41, 5.74) is 1.56. The van der Waals surface area contributed by atoms with Gasteiger partial charge < -0.3 is 9.47 Å². The lowest BCUT2D eigenvalue weighted by Gasteiger charge is -2.37. The highest BCUT2D eigenvalue weighted by Gasteiger charge is 2.37. The molecule has 2 N–H and O–H groups in total. The molecule has 11 heteroatoms. The van der Waals surface area contributed by atoms with E-state index in [0.717, 1.165) is 16.9 Å². The third kappa shape index (κ3) is 5.15. The van der Waals surface area contributed by atoms with Crippen LogP contribution in [0.3, 0.4) is 0 Å². The zero-order valence-electron chi connectivity index (χ0n) is 18.6. The van der Waals surface area contributed by atoms with Crippen LogP contribution >= 0.6 is 11.3 Å². The van der Waals surface area contributed by atoms with Gasteiger partial charge in [-0.2, -0.15) is 0 Å². The quantitative estimate of drug-likeness (QED) is 0.508. The molecular weight excluding hydrogens is 464 g/mol. The molecule has 1 aliphatic heterocycles. The molecule has 0 spiro atoms. The van der Waals surface area contributed by atoms with Gasteiger partial charge in [0.05, 0.1) is 13.2 Å². The summed E-state index contributed by atoms with van der Waals surface area (Å²) in [6, 6.07) is 11.7. The summed E-state index contributed by atoms with van der Waals surface area (Å²) < 4.78 is 39.9. The molecule has 1 aromatic heterocycles. The second kappa shape index (κ2) is 8.73. The molecule has 1 amide bonds. The normalized spacial score (nSPS) is 17.0. The minimum atomic E-state index is -4.01. The summed E-state index contributed by atoms with van der Waals surface area (Å²) in [5, 5.41) is 10.3. The molecule has 2 heterocycles. The average Bonchev–Trinajstić information content (AvgIpc) is 3.22. The van der Waals surface area contributed by atoms with E-state index in [1.54, 1.807) is 37.4 Å². The summed E-state index contributed by atoms with van der Waals surface area (Å²) in [4.78, 5) is 12.4. The van der Waals surface area contributed by atoms with E-state index in [1.165, 1.54) is 0 Å². The number of anilines is 1. The highest BCUT2D eigenvalue weighted by molar-refractivity contribution is 7.91.